The van der Waals surface area contributed by atoms with Crippen molar-refractivity contribution >= 4 is 22.1 Å². The Bertz CT molecular complexity index is 460. The number of hydrogen-bond acceptors (Lipinski definition) is 2. The van der Waals surface area contributed by atoms with Crippen molar-refractivity contribution in [3.8, 4) is 0 Å². The van der Waals surface area contributed by atoms with Gasteiger partial charge in [-0.15, -0.1) is 0 Å². The van der Waals surface area contributed by atoms with Crippen LogP contribution in [0.25, 0.3) is 0 Å². The Labute approximate surface area is 124 Å². The van der Waals surface area contributed by atoms with Crippen molar-refractivity contribution < 1.29 is 0 Å². The van der Waals surface area contributed by atoms with Gasteiger partial charge < -0.3 is 4.90 Å². The normalized spacial score (nSPS) is 16.5. The largest absolute Gasteiger partial charge is 0.309 e. The van der Waals surface area contributed by atoms with Gasteiger partial charge in [0.1, 0.15) is 0 Å². The molecule has 1 aromatic carbocycles. The fraction of sp³-hybridized carbons (Fsp3) is 0.438. The molecule has 1 unspecified atom stereocenters. The standard InChI is InChI=1S/C16H21BrN2/c1-19(2)12-10-15(16-5-3-4-11-18-16)13-6-8-14(17)9-7-13/h5-9,11,15H,3-4,10,12H2,1-2H3. The first-order chi connectivity index (χ1) is 9.16. The van der Waals surface area contributed by atoms with E-state index in [1.807, 2.05) is 0 Å². The van der Waals surface area contributed by atoms with Gasteiger partial charge in [0.2, 0.25) is 0 Å². The summed E-state index contributed by atoms with van der Waals surface area (Å²) in [4.78, 5) is 6.85. The van der Waals surface area contributed by atoms with Crippen molar-refractivity contribution in [2.75, 3.05) is 20.6 Å². The van der Waals surface area contributed by atoms with E-state index in [1.165, 1.54) is 11.3 Å². The van der Waals surface area contributed by atoms with Gasteiger partial charge in [0.25, 0.3) is 0 Å². The molecule has 0 aliphatic carbocycles. The predicted octanol–water partition coefficient (Wildman–Crippen LogP) is 4.23. The van der Waals surface area contributed by atoms with Crippen LogP contribution in [0.3, 0.4) is 0 Å². The lowest BCUT2D eigenvalue weighted by atomic mass is 9.91. The lowest BCUT2D eigenvalue weighted by Crippen LogP contribution is -2.17. The number of rotatable bonds is 5. The summed E-state index contributed by atoms with van der Waals surface area (Å²) in [7, 11) is 4.24. The minimum atomic E-state index is 0.409. The highest BCUT2D eigenvalue weighted by Crippen LogP contribution is 2.31. The van der Waals surface area contributed by atoms with Crippen molar-refractivity contribution in [3.63, 3.8) is 0 Å². The second kappa shape index (κ2) is 7.01. The van der Waals surface area contributed by atoms with Crippen LogP contribution < -0.4 is 0 Å². The third-order valence-electron chi connectivity index (χ3n) is 3.38. The van der Waals surface area contributed by atoms with Crippen molar-refractivity contribution in [2.24, 2.45) is 4.99 Å². The number of benzene rings is 1. The SMILES string of the molecule is CN(C)CCC(C1=CCCC=N1)c1ccc(Br)cc1. The van der Waals surface area contributed by atoms with Gasteiger partial charge in [0.05, 0.1) is 0 Å². The van der Waals surface area contributed by atoms with E-state index in [0.29, 0.717) is 5.92 Å². The lowest BCUT2D eigenvalue weighted by Gasteiger charge is -2.22. The van der Waals surface area contributed by atoms with Gasteiger partial charge in [-0.25, -0.2) is 0 Å². The highest BCUT2D eigenvalue weighted by atomic mass is 79.9. The molecule has 1 aliphatic heterocycles. The Morgan fingerprint density at radius 1 is 1.21 bits per heavy atom. The summed E-state index contributed by atoms with van der Waals surface area (Å²) in [5.74, 6) is 0.409. The lowest BCUT2D eigenvalue weighted by molar-refractivity contribution is 0.388. The topological polar surface area (TPSA) is 15.6 Å². The Kier molecular flexibility index (Phi) is 5.34. The Morgan fingerprint density at radius 2 is 1.95 bits per heavy atom. The van der Waals surface area contributed by atoms with Gasteiger partial charge in [0.15, 0.2) is 0 Å². The molecule has 1 atom stereocenters. The highest BCUT2D eigenvalue weighted by molar-refractivity contribution is 9.10. The predicted molar refractivity (Wildman–Crippen MR) is 85.9 cm³/mol. The van der Waals surface area contributed by atoms with Crippen LogP contribution in [0.5, 0.6) is 0 Å². The van der Waals surface area contributed by atoms with Gasteiger partial charge in [-0.3, -0.25) is 4.99 Å². The van der Waals surface area contributed by atoms with Gasteiger partial charge in [-0.2, -0.15) is 0 Å². The summed E-state index contributed by atoms with van der Waals surface area (Å²) in [6, 6.07) is 8.64. The first-order valence-corrected chi connectivity index (χ1v) is 7.59. The Morgan fingerprint density at radius 3 is 2.53 bits per heavy atom. The zero-order valence-electron chi connectivity index (χ0n) is 11.6. The van der Waals surface area contributed by atoms with E-state index in [-0.39, 0.29) is 0 Å². The molecule has 3 heteroatoms. The van der Waals surface area contributed by atoms with Gasteiger partial charge in [0, 0.05) is 22.3 Å². The molecule has 0 bridgehead atoms. The van der Waals surface area contributed by atoms with Gasteiger partial charge in [-0.05, 0) is 57.6 Å². The van der Waals surface area contributed by atoms with Crippen molar-refractivity contribution in [3.05, 3.63) is 46.1 Å². The molecule has 1 aromatic rings. The maximum Gasteiger partial charge on any atom is 0.0435 e. The summed E-state index contributed by atoms with van der Waals surface area (Å²) in [5.41, 5.74) is 2.59. The molecule has 0 N–H and O–H groups in total. The van der Waals surface area contributed by atoms with E-state index in [0.717, 1.165) is 30.3 Å². The van der Waals surface area contributed by atoms with Crippen molar-refractivity contribution in [2.45, 2.75) is 25.2 Å². The van der Waals surface area contributed by atoms with Crippen LogP contribution in [0.2, 0.25) is 0 Å². The smallest absolute Gasteiger partial charge is 0.0435 e. The molecule has 0 spiro atoms. The summed E-state index contributed by atoms with van der Waals surface area (Å²) >= 11 is 3.50. The molecule has 19 heavy (non-hydrogen) atoms. The average molecular weight is 321 g/mol. The molecule has 102 valence electrons. The van der Waals surface area contributed by atoms with Gasteiger partial charge >= 0.3 is 0 Å². The number of halogens is 1. The van der Waals surface area contributed by atoms with Crippen LogP contribution in [0.1, 0.15) is 30.7 Å². The van der Waals surface area contributed by atoms with E-state index in [9.17, 15) is 0 Å². The van der Waals surface area contributed by atoms with Crippen LogP contribution in [-0.4, -0.2) is 31.8 Å². The molecule has 0 aromatic heterocycles. The number of hydrogen-bond donors (Lipinski definition) is 0. The van der Waals surface area contributed by atoms with E-state index >= 15 is 0 Å². The molecule has 0 saturated carbocycles. The van der Waals surface area contributed by atoms with Crippen LogP contribution in [0.15, 0.2) is 45.5 Å². The summed E-state index contributed by atoms with van der Waals surface area (Å²) in [6.45, 7) is 1.08. The Hall–Kier alpha value is -0.930. The van der Waals surface area contributed by atoms with Crippen LogP contribution in [0, 0.1) is 0 Å². The molecule has 0 saturated heterocycles. The molecule has 0 amide bonds. The van der Waals surface area contributed by atoms with Crippen LogP contribution >= 0.6 is 15.9 Å². The number of nitrogens with zero attached hydrogens (tertiary/aromatic N) is 2. The fourth-order valence-corrected chi connectivity index (χ4v) is 2.59. The number of allylic oxidation sites excluding steroid dienone is 2. The van der Waals surface area contributed by atoms with Gasteiger partial charge in [-0.1, -0.05) is 34.1 Å². The quantitative estimate of drug-likeness (QED) is 0.792. The van der Waals surface area contributed by atoms with Crippen molar-refractivity contribution in [1.29, 1.82) is 0 Å². The fourth-order valence-electron chi connectivity index (χ4n) is 2.33. The summed E-state index contributed by atoms with van der Waals surface area (Å²) in [6.07, 6.45) is 7.65. The van der Waals surface area contributed by atoms with Crippen molar-refractivity contribution in [1.82, 2.24) is 4.90 Å². The number of aliphatic imine (C=N–C) groups is 1. The molecule has 0 fully saturated rings. The van der Waals surface area contributed by atoms with Crippen LogP contribution in [0.4, 0.5) is 0 Å². The summed E-state index contributed by atoms with van der Waals surface area (Å²) < 4.78 is 1.13. The first-order valence-electron chi connectivity index (χ1n) is 6.79. The molecule has 2 rings (SSSR count). The molecule has 1 heterocycles. The molecule has 0 radical (unpaired) electrons. The second-order valence-electron chi connectivity index (χ2n) is 5.21. The van der Waals surface area contributed by atoms with E-state index < -0.39 is 0 Å². The molecule has 1 aliphatic rings. The zero-order chi connectivity index (χ0) is 13.7. The third kappa shape index (κ3) is 4.29. The molecule has 2 nitrogen and oxygen atoms in total. The molecular weight excluding hydrogens is 300 g/mol. The first kappa shape index (κ1) is 14.5. The van der Waals surface area contributed by atoms with E-state index in [1.54, 1.807) is 0 Å². The maximum absolute atomic E-state index is 4.61. The van der Waals surface area contributed by atoms with E-state index in [4.69, 9.17) is 0 Å². The summed E-state index contributed by atoms with van der Waals surface area (Å²) in [5, 5.41) is 0. The maximum atomic E-state index is 4.61. The molecular formula is C16H21BrN2. The third-order valence-corrected chi connectivity index (χ3v) is 3.91. The minimum absolute atomic E-state index is 0.409. The highest BCUT2D eigenvalue weighted by Gasteiger charge is 2.17. The van der Waals surface area contributed by atoms with E-state index in [2.05, 4.69) is 76.5 Å². The Balaban J connectivity index is 2.20. The second-order valence-corrected chi connectivity index (χ2v) is 6.13. The average Bonchev–Trinajstić information content (AvgIpc) is 2.42. The zero-order valence-corrected chi connectivity index (χ0v) is 13.2. The monoisotopic (exact) mass is 320 g/mol. The minimum Gasteiger partial charge on any atom is -0.309 e. The van der Waals surface area contributed by atoms with Crippen LogP contribution in [-0.2, 0) is 0 Å².